The highest BCUT2D eigenvalue weighted by Crippen LogP contribution is 2.52. The molecule has 1 aromatic carbocycles. The zero-order valence-corrected chi connectivity index (χ0v) is 17.8. The Balaban J connectivity index is 2.00. The maximum absolute atomic E-state index is 12.9. The van der Waals surface area contributed by atoms with Crippen molar-refractivity contribution in [1.29, 1.82) is 0 Å². The van der Waals surface area contributed by atoms with Gasteiger partial charge in [0, 0.05) is 28.8 Å². The second kappa shape index (κ2) is 8.20. The van der Waals surface area contributed by atoms with Gasteiger partial charge >= 0.3 is 5.97 Å². The number of fused-ring (bicyclic) bond motifs is 1. The Labute approximate surface area is 174 Å². The summed E-state index contributed by atoms with van der Waals surface area (Å²) in [5.74, 6) is -2.50. The summed E-state index contributed by atoms with van der Waals surface area (Å²) in [5, 5.41) is 19.8. The van der Waals surface area contributed by atoms with E-state index < -0.39 is 18.0 Å². The summed E-state index contributed by atoms with van der Waals surface area (Å²) in [6.07, 6.45) is -0.845. The first-order chi connectivity index (χ1) is 13.7. The van der Waals surface area contributed by atoms with Crippen molar-refractivity contribution in [3.8, 4) is 0 Å². The van der Waals surface area contributed by atoms with Gasteiger partial charge in [0.15, 0.2) is 0 Å². The molecule has 0 saturated carbocycles. The first-order valence-corrected chi connectivity index (χ1v) is 10.6. The predicted octanol–water partition coefficient (Wildman–Crippen LogP) is 2.41. The average Bonchev–Trinajstić information content (AvgIpc) is 2.91. The van der Waals surface area contributed by atoms with Crippen LogP contribution in [0.2, 0.25) is 0 Å². The highest BCUT2D eigenvalue weighted by atomic mass is 32.2. The molecule has 0 aromatic heterocycles. The third kappa shape index (κ3) is 3.44. The standard InChI is InChI=1S/C21H26N2O5S/c1-5-22(6-2)19(25)13-9-7-8-10-14(13)29-18-11(3)16-15(12(4)24)20(26)23(16)17(18)21(27)28/h7-12,15-16,24H,5-6H2,1-4H3,(H,27,28)/t11-,12?,15-,16-/m1/s1. The molecule has 0 bridgehead atoms. The number of carboxylic acids is 1. The summed E-state index contributed by atoms with van der Waals surface area (Å²) in [5.41, 5.74) is 0.470. The van der Waals surface area contributed by atoms with Crippen LogP contribution >= 0.6 is 11.8 Å². The number of hydrogen-bond donors (Lipinski definition) is 2. The van der Waals surface area contributed by atoms with Crippen LogP contribution in [0.15, 0.2) is 39.8 Å². The molecule has 1 saturated heterocycles. The van der Waals surface area contributed by atoms with E-state index >= 15 is 0 Å². The molecule has 0 spiro atoms. The average molecular weight is 419 g/mol. The monoisotopic (exact) mass is 418 g/mol. The topological polar surface area (TPSA) is 98.2 Å². The number of nitrogens with zero attached hydrogens (tertiary/aromatic N) is 2. The molecule has 0 radical (unpaired) electrons. The molecule has 2 amide bonds. The number of amides is 2. The summed E-state index contributed by atoms with van der Waals surface area (Å²) < 4.78 is 0. The van der Waals surface area contributed by atoms with Gasteiger partial charge < -0.3 is 20.0 Å². The summed E-state index contributed by atoms with van der Waals surface area (Å²) in [6, 6.07) is 6.75. The number of carbonyl (C=O) groups excluding carboxylic acids is 2. The number of aliphatic hydroxyl groups excluding tert-OH is 1. The van der Waals surface area contributed by atoms with Gasteiger partial charge in [-0.25, -0.2) is 4.79 Å². The van der Waals surface area contributed by atoms with Crippen molar-refractivity contribution in [3.05, 3.63) is 40.4 Å². The van der Waals surface area contributed by atoms with E-state index in [9.17, 15) is 24.6 Å². The lowest BCUT2D eigenvalue weighted by Crippen LogP contribution is -2.63. The lowest BCUT2D eigenvalue weighted by molar-refractivity contribution is -0.163. The summed E-state index contributed by atoms with van der Waals surface area (Å²) in [6.45, 7) is 8.40. The Morgan fingerprint density at radius 3 is 2.41 bits per heavy atom. The van der Waals surface area contributed by atoms with E-state index in [4.69, 9.17) is 0 Å². The Morgan fingerprint density at radius 2 is 1.86 bits per heavy atom. The van der Waals surface area contributed by atoms with Gasteiger partial charge in [-0.3, -0.25) is 9.59 Å². The SMILES string of the molecule is CCN(CC)C(=O)c1ccccc1SC1=C(C(=O)O)N2C(=O)[C@H](C(C)O)[C@H]2[C@H]1C. The molecule has 1 aromatic rings. The minimum absolute atomic E-state index is 0.0421. The number of aliphatic carboxylic acids is 1. The number of carbonyl (C=O) groups is 3. The Hall–Kier alpha value is -2.32. The third-order valence-electron chi connectivity index (χ3n) is 5.70. The number of benzene rings is 1. The normalized spacial score (nSPS) is 24.2. The second-order valence-corrected chi connectivity index (χ2v) is 8.43. The van der Waals surface area contributed by atoms with Gasteiger partial charge in [0.05, 0.1) is 23.6 Å². The predicted molar refractivity (Wildman–Crippen MR) is 109 cm³/mol. The Bertz CT molecular complexity index is 878. The minimum Gasteiger partial charge on any atom is -0.477 e. The fraction of sp³-hybridized carbons (Fsp3) is 0.476. The van der Waals surface area contributed by atoms with Crippen LogP contribution in [0.4, 0.5) is 0 Å². The van der Waals surface area contributed by atoms with E-state index in [1.54, 1.807) is 36.1 Å². The van der Waals surface area contributed by atoms with Crippen LogP contribution in [0, 0.1) is 11.8 Å². The van der Waals surface area contributed by atoms with Crippen molar-refractivity contribution in [1.82, 2.24) is 9.80 Å². The molecule has 156 valence electrons. The molecule has 2 heterocycles. The van der Waals surface area contributed by atoms with E-state index in [-0.39, 0.29) is 29.5 Å². The van der Waals surface area contributed by atoms with Gasteiger partial charge in [-0.1, -0.05) is 30.8 Å². The van der Waals surface area contributed by atoms with E-state index in [0.717, 1.165) is 0 Å². The number of thioether (sulfide) groups is 1. The molecule has 3 rings (SSSR count). The summed E-state index contributed by atoms with van der Waals surface area (Å²) in [7, 11) is 0. The van der Waals surface area contributed by atoms with E-state index in [0.29, 0.717) is 28.5 Å². The quantitative estimate of drug-likeness (QED) is 0.660. The van der Waals surface area contributed by atoms with Crippen molar-refractivity contribution < 1.29 is 24.6 Å². The molecular weight excluding hydrogens is 392 g/mol. The smallest absolute Gasteiger partial charge is 0.353 e. The highest BCUT2D eigenvalue weighted by Gasteiger charge is 2.60. The van der Waals surface area contributed by atoms with Gasteiger partial charge in [0.25, 0.3) is 5.91 Å². The molecule has 7 nitrogen and oxygen atoms in total. The molecule has 29 heavy (non-hydrogen) atoms. The van der Waals surface area contributed by atoms with Crippen molar-refractivity contribution in [3.63, 3.8) is 0 Å². The fourth-order valence-electron chi connectivity index (χ4n) is 4.19. The van der Waals surface area contributed by atoms with Crippen LogP contribution in [0.25, 0.3) is 0 Å². The van der Waals surface area contributed by atoms with Gasteiger partial charge in [-0.05, 0) is 32.9 Å². The van der Waals surface area contributed by atoms with Crippen molar-refractivity contribution >= 4 is 29.5 Å². The van der Waals surface area contributed by atoms with Gasteiger partial charge in [-0.2, -0.15) is 0 Å². The number of β-lactam (4-membered cyclic amide) rings is 1. The molecule has 1 unspecified atom stereocenters. The van der Waals surface area contributed by atoms with Crippen LogP contribution in [0.5, 0.6) is 0 Å². The molecule has 0 aliphatic carbocycles. The molecule has 4 atom stereocenters. The number of hydrogen-bond acceptors (Lipinski definition) is 5. The van der Waals surface area contributed by atoms with E-state index in [1.807, 2.05) is 20.8 Å². The zero-order valence-electron chi connectivity index (χ0n) is 17.0. The zero-order chi connectivity index (χ0) is 21.5. The van der Waals surface area contributed by atoms with Crippen LogP contribution in [0.3, 0.4) is 0 Å². The molecule has 8 heteroatoms. The van der Waals surface area contributed by atoms with Gasteiger partial charge in [0.1, 0.15) is 5.70 Å². The van der Waals surface area contributed by atoms with E-state index in [1.165, 1.54) is 16.7 Å². The van der Waals surface area contributed by atoms with Gasteiger partial charge in [-0.15, -0.1) is 0 Å². The Morgan fingerprint density at radius 1 is 1.24 bits per heavy atom. The molecule has 1 fully saturated rings. The highest BCUT2D eigenvalue weighted by molar-refractivity contribution is 8.03. The number of carboxylic acid groups (broad SMARTS) is 1. The van der Waals surface area contributed by atoms with E-state index in [2.05, 4.69) is 0 Å². The van der Waals surface area contributed by atoms with Gasteiger partial charge in [0.2, 0.25) is 5.91 Å². The summed E-state index contributed by atoms with van der Waals surface area (Å²) in [4.78, 5) is 41.6. The van der Waals surface area contributed by atoms with Crippen LogP contribution in [-0.2, 0) is 9.59 Å². The lowest BCUT2D eigenvalue weighted by atomic mass is 9.79. The molecular formula is C21H26N2O5S. The second-order valence-electron chi connectivity index (χ2n) is 7.35. The number of rotatable bonds is 7. The van der Waals surface area contributed by atoms with Crippen LogP contribution in [0.1, 0.15) is 38.1 Å². The fourth-order valence-corrected chi connectivity index (χ4v) is 5.45. The Kier molecular flexibility index (Phi) is 6.05. The minimum atomic E-state index is -1.17. The molecule has 2 aliphatic heterocycles. The third-order valence-corrected chi connectivity index (χ3v) is 7.06. The van der Waals surface area contributed by atoms with Crippen molar-refractivity contribution in [2.24, 2.45) is 11.8 Å². The summed E-state index contributed by atoms with van der Waals surface area (Å²) >= 11 is 1.23. The molecule has 2 N–H and O–H groups in total. The van der Waals surface area contributed by atoms with Crippen LogP contribution in [-0.4, -0.2) is 63.0 Å². The largest absolute Gasteiger partial charge is 0.477 e. The van der Waals surface area contributed by atoms with Crippen LogP contribution < -0.4 is 0 Å². The number of aliphatic hydroxyl groups is 1. The molecule has 2 aliphatic rings. The lowest BCUT2D eigenvalue weighted by Gasteiger charge is -2.46. The first kappa shape index (κ1) is 21.4. The maximum atomic E-state index is 12.9. The van der Waals surface area contributed by atoms with Crippen molar-refractivity contribution in [2.45, 2.75) is 44.7 Å². The first-order valence-electron chi connectivity index (χ1n) is 9.79. The van der Waals surface area contributed by atoms with Crippen molar-refractivity contribution in [2.75, 3.05) is 13.1 Å². The maximum Gasteiger partial charge on any atom is 0.353 e.